The Hall–Kier alpha value is -2.66. The van der Waals surface area contributed by atoms with E-state index in [1.54, 1.807) is 19.3 Å². The maximum atomic E-state index is 11.7. The van der Waals surface area contributed by atoms with Crippen LogP contribution in [0.25, 0.3) is 12.2 Å². The number of benzene rings is 1. The summed E-state index contributed by atoms with van der Waals surface area (Å²) in [6, 6.07) is 11.5. The average Bonchev–Trinajstić information content (AvgIpc) is 2.60. The van der Waals surface area contributed by atoms with Crippen LogP contribution in [0.5, 0.6) is 5.75 Å². The predicted molar refractivity (Wildman–Crippen MR) is 91.8 cm³/mol. The minimum absolute atomic E-state index is 0.169. The van der Waals surface area contributed by atoms with Gasteiger partial charge in [-0.1, -0.05) is 24.3 Å². The lowest BCUT2D eigenvalue weighted by Gasteiger charge is -2.14. The summed E-state index contributed by atoms with van der Waals surface area (Å²) in [4.78, 5) is 15.7. The van der Waals surface area contributed by atoms with Crippen molar-refractivity contribution >= 4 is 18.1 Å². The van der Waals surface area contributed by atoms with Gasteiger partial charge in [-0.2, -0.15) is 0 Å². The van der Waals surface area contributed by atoms with Gasteiger partial charge in [-0.05, 0) is 42.3 Å². The van der Waals surface area contributed by atoms with Gasteiger partial charge in [0, 0.05) is 25.5 Å². The average molecular weight is 311 g/mol. The van der Waals surface area contributed by atoms with Crippen molar-refractivity contribution in [3.63, 3.8) is 0 Å². The molecule has 1 amide bonds. The second-order valence-corrected chi connectivity index (χ2v) is 5.02. The SMILES string of the molecule is CC(Oc1ccc(/C=C/c2ccncc2)cc1)C(=O)NCCN. The maximum Gasteiger partial charge on any atom is 0.260 e. The van der Waals surface area contributed by atoms with Crippen LogP contribution >= 0.6 is 0 Å². The molecular formula is C18H21N3O2. The van der Waals surface area contributed by atoms with Gasteiger partial charge in [0.15, 0.2) is 6.10 Å². The van der Waals surface area contributed by atoms with Crippen molar-refractivity contribution in [3.05, 3.63) is 59.9 Å². The third-order valence-corrected chi connectivity index (χ3v) is 3.18. The molecular weight excluding hydrogens is 290 g/mol. The zero-order valence-electron chi connectivity index (χ0n) is 13.1. The highest BCUT2D eigenvalue weighted by molar-refractivity contribution is 5.80. The van der Waals surface area contributed by atoms with E-state index in [4.69, 9.17) is 10.5 Å². The summed E-state index contributed by atoms with van der Waals surface area (Å²) >= 11 is 0. The van der Waals surface area contributed by atoms with Gasteiger partial charge in [-0.25, -0.2) is 0 Å². The Morgan fingerprint density at radius 1 is 1.17 bits per heavy atom. The molecule has 0 radical (unpaired) electrons. The molecule has 3 N–H and O–H groups in total. The molecule has 1 heterocycles. The van der Waals surface area contributed by atoms with Gasteiger partial charge in [0.1, 0.15) is 5.75 Å². The number of hydrogen-bond acceptors (Lipinski definition) is 4. The number of hydrogen-bond donors (Lipinski definition) is 2. The van der Waals surface area contributed by atoms with Gasteiger partial charge in [0.2, 0.25) is 0 Å². The van der Waals surface area contributed by atoms with Gasteiger partial charge in [0.05, 0.1) is 0 Å². The fourth-order valence-corrected chi connectivity index (χ4v) is 1.92. The molecule has 2 aromatic rings. The van der Waals surface area contributed by atoms with Crippen molar-refractivity contribution in [3.8, 4) is 5.75 Å². The highest BCUT2D eigenvalue weighted by atomic mass is 16.5. The van der Waals surface area contributed by atoms with Gasteiger partial charge >= 0.3 is 0 Å². The topological polar surface area (TPSA) is 77.2 Å². The smallest absolute Gasteiger partial charge is 0.260 e. The van der Waals surface area contributed by atoms with Crippen molar-refractivity contribution in [2.75, 3.05) is 13.1 Å². The quantitative estimate of drug-likeness (QED) is 0.821. The van der Waals surface area contributed by atoms with E-state index in [0.717, 1.165) is 11.1 Å². The van der Waals surface area contributed by atoms with Crippen molar-refractivity contribution in [1.82, 2.24) is 10.3 Å². The standard InChI is InChI=1S/C18H21N3O2/c1-14(18(22)21-13-10-19)23-17-6-4-15(5-7-17)2-3-16-8-11-20-12-9-16/h2-9,11-12,14H,10,13,19H2,1H3,(H,21,22)/b3-2+. The van der Waals surface area contributed by atoms with Crippen LogP contribution in [0.15, 0.2) is 48.8 Å². The van der Waals surface area contributed by atoms with Gasteiger partial charge in [-0.15, -0.1) is 0 Å². The number of ether oxygens (including phenoxy) is 1. The molecule has 1 aromatic heterocycles. The number of pyridine rings is 1. The first-order valence-electron chi connectivity index (χ1n) is 7.51. The number of rotatable bonds is 7. The summed E-state index contributed by atoms with van der Waals surface area (Å²) in [5.74, 6) is 0.485. The molecule has 1 atom stereocenters. The van der Waals surface area contributed by atoms with Crippen molar-refractivity contribution in [2.45, 2.75) is 13.0 Å². The van der Waals surface area contributed by atoms with Crippen LogP contribution in [0.4, 0.5) is 0 Å². The van der Waals surface area contributed by atoms with Crippen LogP contribution in [-0.4, -0.2) is 30.1 Å². The van der Waals surface area contributed by atoms with Crippen LogP contribution in [0, 0.1) is 0 Å². The zero-order chi connectivity index (χ0) is 16.5. The number of nitrogens with one attached hydrogen (secondary N) is 1. The molecule has 2 rings (SSSR count). The van der Waals surface area contributed by atoms with Crippen LogP contribution < -0.4 is 15.8 Å². The maximum absolute atomic E-state index is 11.7. The summed E-state index contributed by atoms with van der Waals surface area (Å²) in [5, 5.41) is 2.70. The number of nitrogens with zero attached hydrogens (tertiary/aromatic N) is 1. The van der Waals surface area contributed by atoms with E-state index in [2.05, 4.69) is 10.3 Å². The summed E-state index contributed by atoms with van der Waals surface area (Å²) in [7, 11) is 0. The molecule has 1 unspecified atom stereocenters. The first kappa shape index (κ1) is 16.7. The van der Waals surface area contributed by atoms with Crippen LogP contribution in [0.2, 0.25) is 0 Å². The molecule has 5 heteroatoms. The van der Waals surface area contributed by atoms with Crippen LogP contribution in [0.3, 0.4) is 0 Å². The molecule has 0 saturated heterocycles. The van der Waals surface area contributed by atoms with E-state index in [-0.39, 0.29) is 5.91 Å². The largest absolute Gasteiger partial charge is 0.481 e. The second kappa shape index (κ2) is 8.70. The Balaban J connectivity index is 1.91. The van der Waals surface area contributed by atoms with E-state index in [1.807, 2.05) is 48.6 Å². The zero-order valence-corrected chi connectivity index (χ0v) is 13.1. The van der Waals surface area contributed by atoms with Crippen molar-refractivity contribution < 1.29 is 9.53 Å². The first-order valence-corrected chi connectivity index (χ1v) is 7.51. The van der Waals surface area contributed by atoms with E-state index < -0.39 is 6.10 Å². The van der Waals surface area contributed by atoms with Crippen molar-refractivity contribution in [2.24, 2.45) is 5.73 Å². The minimum Gasteiger partial charge on any atom is -0.481 e. The number of nitrogens with two attached hydrogens (primary N) is 1. The molecule has 1 aromatic carbocycles. The van der Waals surface area contributed by atoms with Crippen molar-refractivity contribution in [1.29, 1.82) is 0 Å². The number of carbonyl (C=O) groups excluding carboxylic acids is 1. The fraction of sp³-hybridized carbons (Fsp3) is 0.222. The van der Waals surface area contributed by atoms with Gasteiger partial charge in [0.25, 0.3) is 5.91 Å². The third-order valence-electron chi connectivity index (χ3n) is 3.18. The Labute approximate surface area is 136 Å². The Bertz CT molecular complexity index is 639. The van der Waals surface area contributed by atoms with Crippen LogP contribution in [0.1, 0.15) is 18.1 Å². The lowest BCUT2D eigenvalue weighted by Crippen LogP contribution is -2.38. The molecule has 23 heavy (non-hydrogen) atoms. The normalized spacial score (nSPS) is 12.1. The molecule has 0 aliphatic heterocycles. The number of aromatic nitrogens is 1. The summed E-state index contributed by atoms with van der Waals surface area (Å²) < 4.78 is 5.61. The van der Waals surface area contributed by atoms with E-state index in [1.165, 1.54) is 0 Å². The third kappa shape index (κ3) is 5.56. The molecule has 0 saturated carbocycles. The van der Waals surface area contributed by atoms with Gasteiger partial charge in [-0.3, -0.25) is 9.78 Å². The second-order valence-electron chi connectivity index (χ2n) is 5.02. The number of carbonyl (C=O) groups is 1. The number of amides is 1. The fourth-order valence-electron chi connectivity index (χ4n) is 1.92. The highest BCUT2D eigenvalue weighted by Gasteiger charge is 2.13. The van der Waals surface area contributed by atoms with E-state index in [0.29, 0.717) is 18.8 Å². The Morgan fingerprint density at radius 3 is 2.39 bits per heavy atom. The first-order chi connectivity index (χ1) is 11.2. The van der Waals surface area contributed by atoms with Crippen LogP contribution in [-0.2, 0) is 4.79 Å². The monoisotopic (exact) mass is 311 g/mol. The summed E-state index contributed by atoms with van der Waals surface area (Å²) in [6.07, 6.45) is 6.98. The molecule has 0 aliphatic carbocycles. The minimum atomic E-state index is -0.556. The predicted octanol–water partition coefficient (Wildman–Crippen LogP) is 2.09. The van der Waals surface area contributed by atoms with E-state index >= 15 is 0 Å². The molecule has 0 fully saturated rings. The van der Waals surface area contributed by atoms with Gasteiger partial charge < -0.3 is 15.8 Å². The lowest BCUT2D eigenvalue weighted by atomic mass is 10.1. The Kier molecular flexibility index (Phi) is 6.32. The summed E-state index contributed by atoms with van der Waals surface area (Å²) in [5.41, 5.74) is 7.49. The molecule has 0 spiro atoms. The molecule has 0 aliphatic rings. The highest BCUT2D eigenvalue weighted by Crippen LogP contribution is 2.16. The Morgan fingerprint density at radius 2 is 1.78 bits per heavy atom. The lowest BCUT2D eigenvalue weighted by molar-refractivity contribution is -0.127. The molecule has 120 valence electrons. The summed E-state index contributed by atoms with van der Waals surface area (Å²) in [6.45, 7) is 2.57. The molecule has 0 bridgehead atoms. The van der Waals surface area contributed by atoms with E-state index in [9.17, 15) is 4.79 Å². The molecule has 5 nitrogen and oxygen atoms in total.